The van der Waals surface area contributed by atoms with Crippen LogP contribution in [0.5, 0.6) is 0 Å². The van der Waals surface area contributed by atoms with Crippen LogP contribution in [-0.2, 0) is 9.53 Å². The fourth-order valence-electron chi connectivity index (χ4n) is 1.94. The number of ether oxygens (including phenoxy) is 1. The highest BCUT2D eigenvalue weighted by Gasteiger charge is 2.29. The van der Waals surface area contributed by atoms with Crippen molar-refractivity contribution in [1.29, 1.82) is 0 Å². The molecule has 1 aliphatic rings. The standard InChI is InChI=1S/C15H22N2O2/c1-3-12(10-19-2)16-13-6-8-14(9-7-13)17-15(18)11-4-5-11/h6-9,11-12,16H,3-5,10H2,1-2H3,(H,17,18). The first-order valence-corrected chi connectivity index (χ1v) is 6.89. The first kappa shape index (κ1) is 13.9. The first-order chi connectivity index (χ1) is 9.22. The highest BCUT2D eigenvalue weighted by molar-refractivity contribution is 5.94. The summed E-state index contributed by atoms with van der Waals surface area (Å²) in [7, 11) is 1.71. The number of rotatable bonds is 7. The summed E-state index contributed by atoms with van der Waals surface area (Å²) in [4.78, 5) is 11.6. The third kappa shape index (κ3) is 4.24. The molecule has 0 saturated heterocycles. The van der Waals surface area contributed by atoms with Crippen molar-refractivity contribution in [2.24, 2.45) is 5.92 Å². The predicted octanol–water partition coefficient (Wildman–Crippen LogP) is 2.87. The molecule has 0 heterocycles. The van der Waals surface area contributed by atoms with Gasteiger partial charge in [0.25, 0.3) is 0 Å². The molecule has 0 bridgehead atoms. The van der Waals surface area contributed by atoms with Crippen LogP contribution in [0.15, 0.2) is 24.3 Å². The van der Waals surface area contributed by atoms with E-state index in [9.17, 15) is 4.79 Å². The van der Waals surface area contributed by atoms with Gasteiger partial charge in [-0.15, -0.1) is 0 Å². The zero-order valence-electron chi connectivity index (χ0n) is 11.6. The van der Waals surface area contributed by atoms with Crippen molar-refractivity contribution in [3.63, 3.8) is 0 Å². The van der Waals surface area contributed by atoms with Gasteiger partial charge in [0.05, 0.1) is 6.61 Å². The Kier molecular flexibility index (Phi) is 4.80. The average Bonchev–Trinajstić information content (AvgIpc) is 3.24. The van der Waals surface area contributed by atoms with Crippen LogP contribution in [0.25, 0.3) is 0 Å². The second-order valence-electron chi connectivity index (χ2n) is 5.05. The smallest absolute Gasteiger partial charge is 0.227 e. The zero-order valence-corrected chi connectivity index (χ0v) is 11.6. The Morgan fingerprint density at radius 3 is 2.47 bits per heavy atom. The van der Waals surface area contributed by atoms with E-state index in [1.165, 1.54) is 0 Å². The fourth-order valence-corrected chi connectivity index (χ4v) is 1.94. The summed E-state index contributed by atoms with van der Waals surface area (Å²) in [6.45, 7) is 2.82. The lowest BCUT2D eigenvalue weighted by molar-refractivity contribution is -0.117. The number of amides is 1. The van der Waals surface area contributed by atoms with Gasteiger partial charge >= 0.3 is 0 Å². The van der Waals surface area contributed by atoms with E-state index in [4.69, 9.17) is 4.74 Å². The third-order valence-corrected chi connectivity index (χ3v) is 3.33. The van der Waals surface area contributed by atoms with Crippen molar-refractivity contribution in [2.75, 3.05) is 24.4 Å². The van der Waals surface area contributed by atoms with Gasteiger partial charge in [0.1, 0.15) is 0 Å². The van der Waals surface area contributed by atoms with Crippen LogP contribution in [0.1, 0.15) is 26.2 Å². The molecule has 1 amide bonds. The summed E-state index contributed by atoms with van der Waals surface area (Å²) < 4.78 is 5.16. The van der Waals surface area contributed by atoms with E-state index < -0.39 is 0 Å². The Hall–Kier alpha value is -1.55. The normalized spacial score (nSPS) is 15.9. The SMILES string of the molecule is CCC(COC)Nc1ccc(NC(=O)C2CC2)cc1. The maximum Gasteiger partial charge on any atom is 0.227 e. The second kappa shape index (κ2) is 6.57. The van der Waals surface area contributed by atoms with Gasteiger partial charge in [-0.1, -0.05) is 6.92 Å². The van der Waals surface area contributed by atoms with Gasteiger partial charge in [0.2, 0.25) is 5.91 Å². The Bertz CT molecular complexity index is 413. The minimum Gasteiger partial charge on any atom is -0.383 e. The molecule has 4 nitrogen and oxygen atoms in total. The highest BCUT2D eigenvalue weighted by Crippen LogP contribution is 2.30. The topological polar surface area (TPSA) is 50.4 Å². The molecule has 1 aliphatic carbocycles. The molecule has 1 saturated carbocycles. The molecule has 1 atom stereocenters. The lowest BCUT2D eigenvalue weighted by atomic mass is 10.2. The quantitative estimate of drug-likeness (QED) is 0.794. The van der Waals surface area contributed by atoms with Crippen molar-refractivity contribution in [2.45, 2.75) is 32.2 Å². The molecule has 1 aromatic carbocycles. The summed E-state index contributed by atoms with van der Waals surface area (Å²) >= 11 is 0. The van der Waals surface area contributed by atoms with Crippen molar-refractivity contribution >= 4 is 17.3 Å². The van der Waals surface area contributed by atoms with Gasteiger partial charge in [-0.25, -0.2) is 0 Å². The second-order valence-corrected chi connectivity index (χ2v) is 5.05. The molecule has 0 spiro atoms. The number of nitrogens with one attached hydrogen (secondary N) is 2. The van der Waals surface area contributed by atoms with E-state index in [-0.39, 0.29) is 11.8 Å². The van der Waals surface area contributed by atoms with Crippen LogP contribution >= 0.6 is 0 Å². The third-order valence-electron chi connectivity index (χ3n) is 3.33. The Balaban J connectivity index is 1.88. The van der Waals surface area contributed by atoms with Gasteiger partial charge in [-0.05, 0) is 43.5 Å². The lowest BCUT2D eigenvalue weighted by Crippen LogP contribution is -2.23. The molecule has 4 heteroatoms. The molecule has 1 fully saturated rings. The number of methoxy groups -OCH3 is 1. The van der Waals surface area contributed by atoms with E-state index >= 15 is 0 Å². The molecule has 0 radical (unpaired) electrons. The number of anilines is 2. The van der Waals surface area contributed by atoms with Crippen LogP contribution in [0.4, 0.5) is 11.4 Å². The molecule has 1 unspecified atom stereocenters. The van der Waals surface area contributed by atoms with Crippen LogP contribution in [0, 0.1) is 5.92 Å². The summed E-state index contributed by atoms with van der Waals surface area (Å²) in [5, 5.41) is 6.34. The number of carbonyl (C=O) groups is 1. The summed E-state index contributed by atoms with van der Waals surface area (Å²) in [6, 6.07) is 8.16. The number of hydrogen-bond acceptors (Lipinski definition) is 3. The minimum absolute atomic E-state index is 0.145. The molecular weight excluding hydrogens is 240 g/mol. The zero-order chi connectivity index (χ0) is 13.7. The first-order valence-electron chi connectivity index (χ1n) is 6.89. The molecule has 19 heavy (non-hydrogen) atoms. The van der Waals surface area contributed by atoms with Crippen LogP contribution < -0.4 is 10.6 Å². The van der Waals surface area contributed by atoms with E-state index in [0.29, 0.717) is 12.6 Å². The van der Waals surface area contributed by atoms with Crippen LogP contribution in [-0.4, -0.2) is 25.7 Å². The average molecular weight is 262 g/mol. The molecule has 2 N–H and O–H groups in total. The Morgan fingerprint density at radius 2 is 1.95 bits per heavy atom. The van der Waals surface area contributed by atoms with Crippen LogP contribution in [0.2, 0.25) is 0 Å². The van der Waals surface area contributed by atoms with Crippen molar-refractivity contribution in [3.8, 4) is 0 Å². The largest absolute Gasteiger partial charge is 0.383 e. The molecule has 2 rings (SSSR count). The molecule has 0 aliphatic heterocycles. The van der Waals surface area contributed by atoms with Crippen molar-refractivity contribution in [1.82, 2.24) is 0 Å². The molecule has 104 valence electrons. The summed E-state index contributed by atoms with van der Waals surface area (Å²) in [5.74, 6) is 0.385. The minimum atomic E-state index is 0.145. The van der Waals surface area contributed by atoms with E-state index in [0.717, 1.165) is 30.6 Å². The summed E-state index contributed by atoms with van der Waals surface area (Å²) in [5.41, 5.74) is 1.91. The van der Waals surface area contributed by atoms with E-state index in [1.807, 2.05) is 24.3 Å². The van der Waals surface area contributed by atoms with Gasteiger partial charge in [0, 0.05) is 30.4 Å². The van der Waals surface area contributed by atoms with Crippen LogP contribution in [0.3, 0.4) is 0 Å². The maximum atomic E-state index is 11.6. The van der Waals surface area contributed by atoms with Gasteiger partial charge < -0.3 is 15.4 Å². The maximum absolute atomic E-state index is 11.6. The Labute approximate surface area is 114 Å². The lowest BCUT2D eigenvalue weighted by Gasteiger charge is -2.17. The van der Waals surface area contributed by atoms with Gasteiger partial charge in [-0.3, -0.25) is 4.79 Å². The van der Waals surface area contributed by atoms with Crippen molar-refractivity contribution in [3.05, 3.63) is 24.3 Å². The molecule has 0 aromatic heterocycles. The fraction of sp³-hybridized carbons (Fsp3) is 0.533. The van der Waals surface area contributed by atoms with Gasteiger partial charge in [0.15, 0.2) is 0 Å². The molecule has 1 aromatic rings. The van der Waals surface area contributed by atoms with E-state index in [1.54, 1.807) is 7.11 Å². The van der Waals surface area contributed by atoms with Gasteiger partial charge in [-0.2, -0.15) is 0 Å². The van der Waals surface area contributed by atoms with E-state index in [2.05, 4.69) is 17.6 Å². The monoisotopic (exact) mass is 262 g/mol. The Morgan fingerprint density at radius 1 is 1.32 bits per heavy atom. The predicted molar refractivity (Wildman–Crippen MR) is 77.4 cm³/mol. The molecular formula is C15H22N2O2. The number of carbonyl (C=O) groups excluding carboxylic acids is 1. The highest BCUT2D eigenvalue weighted by atomic mass is 16.5. The number of hydrogen-bond donors (Lipinski definition) is 2. The number of benzene rings is 1. The summed E-state index contributed by atoms with van der Waals surface area (Å²) in [6.07, 6.45) is 3.06. The van der Waals surface area contributed by atoms with Crippen molar-refractivity contribution < 1.29 is 9.53 Å².